The number of aromatic nitrogens is 6. The van der Waals surface area contributed by atoms with Gasteiger partial charge >= 0.3 is 19.2 Å². The average Bonchev–Trinajstić information content (AvgIpc) is 4.36. The molecule has 2 aliphatic carbocycles. The second-order valence-corrected chi connectivity index (χ2v) is 23.1. The molecule has 5 fully saturated rings. The minimum Gasteiger partial charge on any atom is -0.450 e. The number of aryl methyl sites for hydroxylation is 2. The number of pyridine rings is 4. The molecule has 78 heavy (non-hydrogen) atoms. The summed E-state index contributed by atoms with van der Waals surface area (Å²) in [6.07, 6.45) is 16.1. The maximum atomic E-state index is 13.5. The Hall–Kier alpha value is -7.04. The van der Waals surface area contributed by atoms with E-state index in [4.69, 9.17) is 23.1 Å². The lowest BCUT2D eigenvalue weighted by atomic mass is 9.87. The Bertz CT molecular complexity index is 3240. The summed E-state index contributed by atoms with van der Waals surface area (Å²) in [6, 6.07) is 14.1. The van der Waals surface area contributed by atoms with Gasteiger partial charge in [0.15, 0.2) is 46.4 Å². The number of Topliss-reactive ketones (excluding diaryl/α,β-unsaturated/α-hetero) is 2. The third-order valence-corrected chi connectivity index (χ3v) is 16.3. The minimum atomic E-state index is -0.448. The van der Waals surface area contributed by atoms with Crippen molar-refractivity contribution in [3.05, 3.63) is 101 Å². The second-order valence-electron chi connectivity index (χ2n) is 22.2. The highest BCUT2D eigenvalue weighted by atomic mass is 79.9. The quantitative estimate of drug-likeness (QED) is 0.0858. The van der Waals surface area contributed by atoms with Gasteiger partial charge in [-0.1, -0.05) is 41.6 Å². The van der Waals surface area contributed by atoms with E-state index in [9.17, 15) is 19.2 Å². The zero-order valence-electron chi connectivity index (χ0n) is 44.8. The number of nitrogens with zero attached hydrogens (tertiary/aromatic N) is 10. The summed E-state index contributed by atoms with van der Waals surface area (Å²) in [6.45, 7) is 14.9. The van der Waals surface area contributed by atoms with Crippen molar-refractivity contribution < 1.29 is 37.3 Å². The molecule has 7 aliphatic rings. The van der Waals surface area contributed by atoms with E-state index < -0.39 is 7.12 Å². The van der Waals surface area contributed by atoms with Crippen molar-refractivity contribution in [3.63, 3.8) is 0 Å². The second kappa shape index (κ2) is 21.7. The number of urea groups is 2. The van der Waals surface area contributed by atoms with Crippen LogP contribution in [0.2, 0.25) is 0 Å². The van der Waals surface area contributed by atoms with Crippen LogP contribution in [0.15, 0.2) is 86.6 Å². The Kier molecular flexibility index (Phi) is 14.7. The molecule has 4 amide bonds. The van der Waals surface area contributed by atoms with E-state index in [2.05, 4.69) is 61.3 Å². The molecule has 13 rings (SSSR count). The van der Waals surface area contributed by atoms with Gasteiger partial charge in [-0.15, -0.1) is 0 Å². The van der Waals surface area contributed by atoms with Gasteiger partial charge in [0.2, 0.25) is 0 Å². The van der Waals surface area contributed by atoms with Crippen molar-refractivity contribution in [2.45, 2.75) is 129 Å². The molecule has 20 nitrogen and oxygen atoms in total. The van der Waals surface area contributed by atoms with Gasteiger partial charge in [0.05, 0.1) is 47.1 Å². The number of hydrogen-bond donors (Lipinski definition) is 2. The highest BCUT2D eigenvalue weighted by Crippen LogP contribution is 2.42. The molecule has 11 heterocycles. The van der Waals surface area contributed by atoms with Crippen molar-refractivity contribution in [1.29, 1.82) is 0 Å². The molecule has 5 aliphatic heterocycles. The van der Waals surface area contributed by atoms with E-state index in [1.54, 1.807) is 72.7 Å². The van der Waals surface area contributed by atoms with Crippen LogP contribution in [-0.2, 0) is 9.31 Å². The summed E-state index contributed by atoms with van der Waals surface area (Å²) in [5.41, 5.74) is 3.42. The summed E-state index contributed by atoms with van der Waals surface area (Å²) >= 11 is 3.40. The van der Waals surface area contributed by atoms with E-state index >= 15 is 0 Å². The number of fused-ring (bicyclic) bond motifs is 8. The molecule has 2 saturated carbocycles. The van der Waals surface area contributed by atoms with E-state index in [-0.39, 0.29) is 46.9 Å². The predicted molar refractivity (Wildman–Crippen MR) is 299 cm³/mol. The molecular formula is C56H64BBrN12O8. The molecular weight excluding hydrogens is 1060 g/mol. The van der Waals surface area contributed by atoms with Gasteiger partial charge in [-0.25, -0.2) is 39.5 Å². The van der Waals surface area contributed by atoms with Crippen molar-refractivity contribution in [2.24, 2.45) is 11.8 Å². The molecule has 2 atom stereocenters. The van der Waals surface area contributed by atoms with E-state index in [1.165, 1.54) is 25.7 Å². The summed E-state index contributed by atoms with van der Waals surface area (Å²) in [5, 5.41) is 5.80. The maximum Gasteiger partial charge on any atom is 0.534 e. The van der Waals surface area contributed by atoms with Gasteiger partial charge in [-0.05, 0) is 114 Å². The Balaban J connectivity index is 0.000000133. The molecule has 0 aromatic carbocycles. The van der Waals surface area contributed by atoms with Crippen molar-refractivity contribution >= 4 is 87.0 Å². The van der Waals surface area contributed by atoms with Crippen LogP contribution >= 0.6 is 15.9 Å². The monoisotopic (exact) mass is 1120 g/mol. The van der Waals surface area contributed by atoms with Gasteiger partial charge in [0, 0.05) is 75.3 Å². The SMILES string of the molecule is Cc1ncc(-c2ccnc(NC(=O)N3c4nc(C(=O)CCC5CC5)ccc4N4CC[C@H]3C4)c2)o1.Cc1ncc(B2OC(C)(C)C(C)(C)O2)o1.O=C(CCC1CC1)c1ccc2c(n1)N(C(=O)Nc1cc(Br)ccn1)[C@H]1CCN2C1. The van der Waals surface area contributed by atoms with Crippen LogP contribution in [0.25, 0.3) is 11.3 Å². The zero-order chi connectivity index (χ0) is 54.5. The fourth-order valence-electron chi connectivity index (χ4n) is 10.4. The number of halogens is 1. The molecule has 6 aromatic heterocycles. The Labute approximate surface area is 461 Å². The highest BCUT2D eigenvalue weighted by Gasteiger charge is 2.53. The van der Waals surface area contributed by atoms with Crippen LogP contribution in [0.3, 0.4) is 0 Å². The molecule has 3 saturated heterocycles. The molecule has 6 aromatic rings. The van der Waals surface area contributed by atoms with E-state index in [0.717, 1.165) is 73.3 Å². The van der Waals surface area contributed by atoms with Crippen LogP contribution in [0, 0.1) is 25.7 Å². The van der Waals surface area contributed by atoms with Crippen molar-refractivity contribution in [1.82, 2.24) is 29.9 Å². The molecule has 0 unspecified atom stereocenters. The number of nitrogens with one attached hydrogen (secondary N) is 2. The Morgan fingerprint density at radius 3 is 1.62 bits per heavy atom. The predicted octanol–water partition coefficient (Wildman–Crippen LogP) is 9.97. The number of amides is 4. The molecule has 4 bridgehead atoms. The van der Waals surface area contributed by atoms with Gasteiger partial charge in [-0.2, -0.15) is 0 Å². The summed E-state index contributed by atoms with van der Waals surface area (Å²) in [7, 11) is -0.448. The first kappa shape index (κ1) is 53.0. The number of rotatable bonds is 12. The first-order valence-electron chi connectivity index (χ1n) is 27.0. The number of hydrogen-bond acceptors (Lipinski definition) is 16. The van der Waals surface area contributed by atoms with Gasteiger partial charge in [0.25, 0.3) is 0 Å². The Morgan fingerprint density at radius 2 is 1.14 bits per heavy atom. The van der Waals surface area contributed by atoms with Crippen molar-refractivity contribution in [2.75, 3.05) is 56.4 Å². The molecule has 0 spiro atoms. The zero-order valence-corrected chi connectivity index (χ0v) is 46.4. The third-order valence-electron chi connectivity index (χ3n) is 15.8. The van der Waals surface area contributed by atoms with Crippen LogP contribution in [-0.4, -0.2) is 110 Å². The molecule has 2 N–H and O–H groups in total. The van der Waals surface area contributed by atoms with Crippen LogP contribution < -0.4 is 35.9 Å². The summed E-state index contributed by atoms with van der Waals surface area (Å²) < 4.78 is 23.4. The first-order valence-corrected chi connectivity index (χ1v) is 27.8. The lowest BCUT2D eigenvalue weighted by Gasteiger charge is -2.35. The number of carbonyl (C=O) groups is 4. The standard InChI is InChI=1S/C25H26N6O3.C21H22BrN5O2.C10H16BNO3/c1-15-27-13-22(34-15)17-8-10-26-23(12-17)29-25(33)31-18-9-11-30(14-18)20-6-5-19(28-24(20)31)21(32)7-4-16-2-3-16;22-14-7-9-23-19(11-14)25-21(29)27-15-8-10-26(12-15)17-5-4-16(24-20(17)27)18(28)6-3-13-1-2-13;1-7-12-6-8(13-7)11-14-9(2,3)10(4,5)15-11/h5-6,8,10,12-13,16,18H,2-4,7,9,11,14H2,1H3,(H,26,29,33);4-5,7,9,11,13,15H,1-3,6,8,10,12H2,(H,23,25,29);6H,1-5H3/t18-;15-;/m00./s1. The fraction of sp³-hybridized carbons (Fsp3) is 0.464. The van der Waals surface area contributed by atoms with Crippen molar-refractivity contribution in [3.8, 4) is 11.3 Å². The largest absolute Gasteiger partial charge is 0.534 e. The number of carbonyl (C=O) groups excluding carboxylic acids is 4. The normalized spacial score (nSPS) is 20.0. The summed E-state index contributed by atoms with van der Waals surface area (Å²) in [5.74, 6) is 5.31. The fourth-order valence-corrected chi connectivity index (χ4v) is 10.7. The van der Waals surface area contributed by atoms with Gasteiger partial charge in [0.1, 0.15) is 23.0 Å². The lowest BCUT2D eigenvalue weighted by Crippen LogP contribution is -2.48. The topological polar surface area (TPSA) is 227 Å². The molecule has 22 heteroatoms. The Morgan fingerprint density at radius 1 is 0.641 bits per heavy atom. The number of ketones is 2. The maximum absolute atomic E-state index is 13.5. The number of oxazole rings is 2. The van der Waals surface area contributed by atoms with Crippen LogP contribution in [0.1, 0.15) is 125 Å². The number of anilines is 6. The average molecular weight is 1120 g/mol. The first-order chi connectivity index (χ1) is 37.4. The van der Waals surface area contributed by atoms with Crippen LogP contribution in [0.5, 0.6) is 0 Å². The van der Waals surface area contributed by atoms with E-state index in [0.29, 0.717) is 82.5 Å². The third kappa shape index (κ3) is 11.6. The van der Waals surface area contributed by atoms with Gasteiger partial charge < -0.3 is 27.9 Å². The lowest BCUT2D eigenvalue weighted by molar-refractivity contribution is 0.00578. The minimum absolute atomic E-state index is 0.00285. The summed E-state index contributed by atoms with van der Waals surface area (Å²) in [4.78, 5) is 85.9. The highest BCUT2D eigenvalue weighted by molar-refractivity contribution is 9.10. The van der Waals surface area contributed by atoms with E-state index in [1.807, 2.05) is 52.0 Å². The van der Waals surface area contributed by atoms with Crippen LogP contribution in [0.4, 0.5) is 44.2 Å². The molecule has 0 radical (unpaired) electrons. The van der Waals surface area contributed by atoms with Gasteiger partial charge in [-0.3, -0.25) is 30.0 Å². The molecule has 406 valence electrons. The smallest absolute Gasteiger partial charge is 0.450 e.